The lowest BCUT2D eigenvalue weighted by molar-refractivity contribution is -0.313. The summed E-state index contributed by atoms with van der Waals surface area (Å²) in [5.74, 6) is -2.99. The fraction of sp³-hybridized carbons (Fsp3) is 0.429. The van der Waals surface area contributed by atoms with E-state index in [9.17, 15) is 14.7 Å². The highest BCUT2D eigenvalue weighted by Gasteiger charge is 2.52. The fourth-order valence-corrected chi connectivity index (χ4v) is 3.61. The predicted molar refractivity (Wildman–Crippen MR) is 77.7 cm³/mol. The van der Waals surface area contributed by atoms with Crippen LogP contribution in [0.25, 0.3) is 0 Å². The summed E-state index contributed by atoms with van der Waals surface area (Å²) in [6.45, 7) is 0. The number of carboxylic acids is 1. The van der Waals surface area contributed by atoms with Crippen molar-refractivity contribution in [2.45, 2.75) is 25.0 Å². The van der Waals surface area contributed by atoms with Gasteiger partial charge in [0.1, 0.15) is 0 Å². The molecule has 1 amide bonds. The minimum absolute atomic E-state index is 0.296. The number of ether oxygens (including phenoxy) is 1. The molecule has 2 aliphatic heterocycles. The van der Waals surface area contributed by atoms with Crippen LogP contribution in [0.5, 0.6) is 0 Å². The number of carbonyl (C=O) groups is 2. The summed E-state index contributed by atoms with van der Waals surface area (Å²) < 4.78 is 6.47. The average molecular weight is 386 g/mol. The van der Waals surface area contributed by atoms with Crippen LogP contribution in [-0.2, 0) is 14.3 Å². The number of halogens is 1. The quantitative estimate of drug-likeness (QED) is 0.779. The maximum absolute atomic E-state index is 12.4. The first kappa shape index (κ1) is 13.8. The van der Waals surface area contributed by atoms with Gasteiger partial charge in [-0.1, -0.05) is 12.1 Å². The van der Waals surface area contributed by atoms with Gasteiger partial charge in [0.25, 0.3) is 0 Å². The van der Waals surface area contributed by atoms with Gasteiger partial charge in [0, 0.05) is 15.5 Å². The fourth-order valence-electron chi connectivity index (χ4n) is 3.09. The van der Waals surface area contributed by atoms with Crippen molar-refractivity contribution in [1.82, 2.24) is 0 Å². The van der Waals surface area contributed by atoms with Crippen LogP contribution in [-0.4, -0.2) is 24.1 Å². The Morgan fingerprint density at radius 2 is 1.85 bits per heavy atom. The lowest BCUT2D eigenvalue weighted by atomic mass is 9.78. The summed E-state index contributed by atoms with van der Waals surface area (Å²) in [5.41, 5.74) is 0.693. The molecule has 1 N–H and O–H groups in total. The van der Waals surface area contributed by atoms with E-state index >= 15 is 0 Å². The number of para-hydroxylation sites is 1. The smallest absolute Gasteiger partial charge is 0.230 e. The third-order valence-corrected chi connectivity index (χ3v) is 4.92. The normalized spacial score (nSPS) is 31.2. The van der Waals surface area contributed by atoms with Crippen LogP contribution in [0.1, 0.15) is 12.8 Å². The second-order valence-corrected chi connectivity index (χ2v) is 6.29. The Labute approximate surface area is 129 Å². The van der Waals surface area contributed by atoms with Crippen LogP contribution in [0.2, 0.25) is 0 Å². The number of amides is 1. The van der Waals surface area contributed by atoms with E-state index in [1.165, 1.54) is 0 Å². The molecule has 6 heteroatoms. The molecular weight excluding hydrogens is 373 g/mol. The predicted octanol–water partition coefficient (Wildman–Crippen LogP) is 0.773. The number of hydrogen-bond donors (Lipinski definition) is 1. The maximum atomic E-state index is 12.4. The van der Waals surface area contributed by atoms with Gasteiger partial charge in [-0.25, -0.2) is 0 Å². The van der Waals surface area contributed by atoms with Crippen molar-refractivity contribution in [3.63, 3.8) is 0 Å². The Balaban J connectivity index is 1.80. The average Bonchev–Trinajstić information content (AvgIpc) is 3.01. The van der Waals surface area contributed by atoms with Gasteiger partial charge in [0.15, 0.2) is 0 Å². The molecule has 5 nitrogen and oxygen atoms in total. The zero-order valence-corrected chi connectivity index (χ0v) is 12.7. The van der Waals surface area contributed by atoms with Crippen molar-refractivity contribution >= 4 is 40.2 Å². The molecule has 1 aromatic carbocycles. The van der Waals surface area contributed by atoms with Crippen LogP contribution < -0.4 is 10.4 Å². The van der Waals surface area contributed by atoms with Crippen LogP contribution >= 0.6 is 22.6 Å². The van der Waals surface area contributed by atoms with E-state index in [0.29, 0.717) is 12.1 Å². The van der Waals surface area contributed by atoms with Gasteiger partial charge in [0.2, 0.25) is 5.91 Å². The van der Waals surface area contributed by atoms with E-state index in [2.05, 4.69) is 27.9 Å². The molecule has 0 saturated carbocycles. The Kier molecular flexibility index (Phi) is 3.68. The molecule has 2 saturated heterocycles. The lowest BCUT2D eigenvalue weighted by Gasteiger charge is -2.27. The molecule has 0 aliphatic carbocycles. The number of nitrogens with one attached hydrogen (secondary N) is 1. The van der Waals surface area contributed by atoms with Crippen molar-refractivity contribution in [2.75, 3.05) is 5.32 Å². The standard InChI is InChI=1S/C14H14INO4/c15-7-3-1-2-4-8(7)16-13(17)11-9-5-6-10(20-9)12(11)14(18)19/h1-4,9-12H,5-6H2,(H,16,17)(H,18,19)/p-1/t9-,10+,11+,12+/m1/s1. The zero-order valence-electron chi connectivity index (χ0n) is 10.5. The minimum Gasteiger partial charge on any atom is -0.550 e. The molecule has 1 aromatic rings. The van der Waals surface area contributed by atoms with Gasteiger partial charge < -0.3 is 20.0 Å². The third-order valence-electron chi connectivity index (χ3n) is 3.98. The van der Waals surface area contributed by atoms with Crippen LogP contribution in [0.15, 0.2) is 24.3 Å². The molecule has 0 unspecified atom stereocenters. The van der Waals surface area contributed by atoms with Crippen molar-refractivity contribution in [1.29, 1.82) is 0 Å². The molecule has 20 heavy (non-hydrogen) atoms. The van der Waals surface area contributed by atoms with Crippen molar-refractivity contribution in [3.05, 3.63) is 27.8 Å². The Morgan fingerprint density at radius 1 is 1.20 bits per heavy atom. The molecule has 2 heterocycles. The first-order chi connectivity index (χ1) is 9.58. The van der Waals surface area contributed by atoms with Crippen LogP contribution in [0, 0.1) is 15.4 Å². The van der Waals surface area contributed by atoms with E-state index in [4.69, 9.17) is 4.74 Å². The van der Waals surface area contributed by atoms with E-state index in [0.717, 1.165) is 9.99 Å². The maximum Gasteiger partial charge on any atom is 0.230 e. The molecule has 4 atom stereocenters. The highest BCUT2D eigenvalue weighted by atomic mass is 127. The monoisotopic (exact) mass is 386 g/mol. The summed E-state index contributed by atoms with van der Waals surface area (Å²) in [5, 5.41) is 14.1. The SMILES string of the molecule is O=C([O-])[C@@H]1[C@@H](C(=O)Nc2ccccc2I)[C@H]2CC[C@@H]1O2. The highest BCUT2D eigenvalue weighted by Crippen LogP contribution is 2.43. The second kappa shape index (κ2) is 5.33. The number of aliphatic carboxylic acids is 1. The summed E-state index contributed by atoms with van der Waals surface area (Å²) in [6, 6.07) is 7.37. The molecule has 2 fully saturated rings. The Bertz CT molecular complexity index is 562. The van der Waals surface area contributed by atoms with Gasteiger partial charge >= 0.3 is 0 Å². The minimum atomic E-state index is -1.19. The zero-order chi connectivity index (χ0) is 14.3. The summed E-state index contributed by atoms with van der Waals surface area (Å²) in [6.07, 6.45) is 0.744. The number of rotatable bonds is 3. The van der Waals surface area contributed by atoms with Crippen LogP contribution in [0.4, 0.5) is 5.69 Å². The van der Waals surface area contributed by atoms with E-state index in [-0.39, 0.29) is 18.1 Å². The molecular formula is C14H13INO4-. The Morgan fingerprint density at radius 3 is 2.50 bits per heavy atom. The Hall–Kier alpha value is -1.15. The first-order valence-electron chi connectivity index (χ1n) is 6.49. The van der Waals surface area contributed by atoms with E-state index < -0.39 is 17.8 Å². The van der Waals surface area contributed by atoms with E-state index in [1.54, 1.807) is 6.07 Å². The number of carbonyl (C=O) groups excluding carboxylic acids is 2. The van der Waals surface area contributed by atoms with Gasteiger partial charge in [-0.05, 0) is 47.6 Å². The molecule has 106 valence electrons. The molecule has 0 spiro atoms. The number of hydrogen-bond acceptors (Lipinski definition) is 4. The number of carboxylic acid groups (broad SMARTS) is 1. The molecule has 2 aliphatic rings. The molecule has 2 bridgehead atoms. The summed E-state index contributed by atoms with van der Waals surface area (Å²) in [7, 11) is 0. The number of anilines is 1. The van der Waals surface area contributed by atoms with Gasteiger partial charge in [-0.2, -0.15) is 0 Å². The van der Waals surface area contributed by atoms with Crippen molar-refractivity contribution in [2.24, 2.45) is 11.8 Å². The summed E-state index contributed by atoms with van der Waals surface area (Å²) in [4.78, 5) is 23.6. The largest absolute Gasteiger partial charge is 0.550 e. The number of fused-ring (bicyclic) bond motifs is 2. The van der Waals surface area contributed by atoms with E-state index in [1.807, 2.05) is 18.2 Å². The van der Waals surface area contributed by atoms with Gasteiger partial charge in [-0.3, -0.25) is 4.79 Å². The third kappa shape index (κ3) is 2.31. The topological polar surface area (TPSA) is 78.5 Å². The number of benzene rings is 1. The molecule has 3 rings (SSSR count). The summed E-state index contributed by atoms with van der Waals surface area (Å²) >= 11 is 2.12. The first-order valence-corrected chi connectivity index (χ1v) is 7.57. The highest BCUT2D eigenvalue weighted by molar-refractivity contribution is 14.1. The van der Waals surface area contributed by atoms with Crippen molar-refractivity contribution in [3.8, 4) is 0 Å². The van der Waals surface area contributed by atoms with Gasteiger partial charge in [0.05, 0.1) is 23.8 Å². The van der Waals surface area contributed by atoms with Crippen molar-refractivity contribution < 1.29 is 19.4 Å². The van der Waals surface area contributed by atoms with Gasteiger partial charge in [-0.15, -0.1) is 0 Å². The molecule has 0 radical (unpaired) electrons. The lowest BCUT2D eigenvalue weighted by Crippen LogP contribution is -2.46. The second-order valence-electron chi connectivity index (χ2n) is 5.13. The molecule has 0 aromatic heterocycles. The van der Waals surface area contributed by atoms with Crippen LogP contribution in [0.3, 0.4) is 0 Å².